The molecule has 0 saturated heterocycles. The van der Waals surface area contributed by atoms with E-state index in [0.717, 1.165) is 23.0 Å². The zero-order chi connectivity index (χ0) is 21.4. The van der Waals surface area contributed by atoms with E-state index in [1.165, 1.54) is 24.3 Å². The van der Waals surface area contributed by atoms with Gasteiger partial charge in [0.1, 0.15) is 10.7 Å². The summed E-state index contributed by atoms with van der Waals surface area (Å²) in [5.41, 5.74) is -1.35. The van der Waals surface area contributed by atoms with E-state index in [-0.39, 0.29) is 11.4 Å². The highest BCUT2D eigenvalue weighted by molar-refractivity contribution is 7.92. The summed E-state index contributed by atoms with van der Waals surface area (Å²) in [6.45, 7) is 0. The molecule has 1 heterocycles. The molecule has 0 atom stereocenters. The lowest BCUT2D eigenvalue weighted by atomic mass is 10.2. The Morgan fingerprint density at radius 3 is 2.45 bits per heavy atom. The van der Waals surface area contributed by atoms with E-state index >= 15 is 0 Å². The first-order valence-corrected chi connectivity index (χ1v) is 9.24. The van der Waals surface area contributed by atoms with Crippen LogP contribution in [-0.2, 0) is 16.2 Å². The molecule has 0 aliphatic heterocycles. The highest BCUT2D eigenvalue weighted by Crippen LogP contribution is 2.29. The van der Waals surface area contributed by atoms with Gasteiger partial charge in [-0.05, 0) is 36.4 Å². The summed E-state index contributed by atoms with van der Waals surface area (Å²) in [4.78, 5) is 10.0. The molecule has 3 aromatic rings. The van der Waals surface area contributed by atoms with Gasteiger partial charge in [-0.15, -0.1) is 0 Å². The van der Waals surface area contributed by atoms with Crippen LogP contribution in [-0.4, -0.2) is 29.3 Å². The predicted octanol–water partition coefficient (Wildman–Crippen LogP) is 3.53. The van der Waals surface area contributed by atoms with Gasteiger partial charge in [-0.25, -0.2) is 22.3 Å². The van der Waals surface area contributed by atoms with E-state index in [1.54, 1.807) is 0 Å². The molecule has 3 rings (SSSR count). The second-order valence-electron chi connectivity index (χ2n) is 5.78. The van der Waals surface area contributed by atoms with E-state index in [4.69, 9.17) is 5.11 Å². The molecule has 0 fully saturated rings. The van der Waals surface area contributed by atoms with E-state index in [0.29, 0.717) is 12.3 Å². The number of benzene rings is 2. The van der Waals surface area contributed by atoms with E-state index in [2.05, 4.69) is 9.82 Å². The number of carboxylic acids is 1. The normalized spacial score (nSPS) is 12.0. The zero-order valence-corrected chi connectivity index (χ0v) is 15.0. The second-order valence-corrected chi connectivity index (χ2v) is 7.43. The number of hydrogen-bond acceptors (Lipinski definition) is 4. The molecule has 0 bridgehead atoms. The Kier molecular flexibility index (Phi) is 5.05. The molecule has 0 radical (unpaired) electrons. The Labute approximate surface area is 161 Å². The molecule has 29 heavy (non-hydrogen) atoms. The van der Waals surface area contributed by atoms with Crippen LogP contribution in [0.2, 0.25) is 0 Å². The molecule has 0 amide bonds. The molecule has 0 spiro atoms. The number of aromatic carboxylic acids is 1. The van der Waals surface area contributed by atoms with Gasteiger partial charge in [0, 0.05) is 6.20 Å². The van der Waals surface area contributed by atoms with Crippen LogP contribution in [0.25, 0.3) is 5.69 Å². The summed E-state index contributed by atoms with van der Waals surface area (Å²) >= 11 is 0. The van der Waals surface area contributed by atoms with Crippen molar-refractivity contribution in [3.8, 4) is 5.69 Å². The number of nitrogens with zero attached hydrogens (tertiary/aromatic N) is 2. The first kappa shape index (κ1) is 20.3. The van der Waals surface area contributed by atoms with Crippen molar-refractivity contribution in [3.63, 3.8) is 0 Å². The minimum absolute atomic E-state index is 0.0618. The van der Waals surface area contributed by atoms with Gasteiger partial charge in [0.05, 0.1) is 28.7 Å². The third-order valence-electron chi connectivity index (χ3n) is 3.74. The molecule has 0 aliphatic rings. The number of rotatable bonds is 5. The summed E-state index contributed by atoms with van der Waals surface area (Å²) in [5.74, 6) is -2.69. The molecule has 0 unspecified atom stereocenters. The van der Waals surface area contributed by atoms with Gasteiger partial charge in [0.25, 0.3) is 10.0 Å². The lowest BCUT2D eigenvalue weighted by Crippen LogP contribution is -2.15. The number of carbonyl (C=O) groups is 1. The Hall–Kier alpha value is -3.41. The average Bonchev–Trinajstić information content (AvgIpc) is 3.11. The van der Waals surface area contributed by atoms with Gasteiger partial charge >= 0.3 is 12.1 Å². The van der Waals surface area contributed by atoms with Crippen LogP contribution >= 0.6 is 0 Å². The van der Waals surface area contributed by atoms with Crippen LogP contribution in [0.3, 0.4) is 0 Å². The van der Waals surface area contributed by atoms with Crippen molar-refractivity contribution in [3.05, 3.63) is 71.8 Å². The molecule has 2 aromatic carbocycles. The third-order valence-corrected chi connectivity index (χ3v) is 5.16. The summed E-state index contributed by atoms with van der Waals surface area (Å²) in [6, 6.07) is 7.56. The smallest absolute Gasteiger partial charge is 0.419 e. The van der Waals surface area contributed by atoms with Crippen molar-refractivity contribution in [2.75, 3.05) is 4.72 Å². The van der Waals surface area contributed by atoms with Crippen molar-refractivity contribution < 1.29 is 35.9 Å². The van der Waals surface area contributed by atoms with Gasteiger partial charge in [-0.2, -0.15) is 18.3 Å². The molecule has 152 valence electrons. The SMILES string of the molecule is O=C(O)c1ccc(S(=O)(=O)Nc2cccc(-n3cc(C(F)(F)F)cn3)c2)c(F)c1. The molecular formula is C17H11F4N3O4S. The Morgan fingerprint density at radius 1 is 1.14 bits per heavy atom. The first-order chi connectivity index (χ1) is 13.5. The number of sulfonamides is 1. The molecule has 0 saturated carbocycles. The van der Waals surface area contributed by atoms with E-state index in [1.807, 2.05) is 0 Å². The van der Waals surface area contributed by atoms with Crippen LogP contribution in [0.4, 0.5) is 23.2 Å². The molecule has 12 heteroatoms. The number of alkyl halides is 3. The quantitative estimate of drug-likeness (QED) is 0.605. The Balaban J connectivity index is 1.90. The summed E-state index contributed by atoms with van der Waals surface area (Å²) in [7, 11) is -4.43. The third kappa shape index (κ3) is 4.37. The van der Waals surface area contributed by atoms with Crippen molar-refractivity contribution >= 4 is 21.7 Å². The zero-order valence-electron chi connectivity index (χ0n) is 14.2. The highest BCUT2D eigenvalue weighted by Gasteiger charge is 2.32. The Morgan fingerprint density at radius 2 is 1.86 bits per heavy atom. The largest absolute Gasteiger partial charge is 0.478 e. The highest BCUT2D eigenvalue weighted by atomic mass is 32.2. The van der Waals surface area contributed by atoms with E-state index in [9.17, 15) is 30.8 Å². The summed E-state index contributed by atoms with van der Waals surface area (Å²) in [6.07, 6.45) is -3.23. The van der Waals surface area contributed by atoms with Crippen molar-refractivity contribution in [1.82, 2.24) is 9.78 Å². The predicted molar refractivity (Wildman–Crippen MR) is 92.7 cm³/mol. The van der Waals surface area contributed by atoms with Gasteiger partial charge in [-0.1, -0.05) is 6.07 Å². The maximum atomic E-state index is 14.1. The van der Waals surface area contributed by atoms with Crippen molar-refractivity contribution in [2.24, 2.45) is 0 Å². The van der Waals surface area contributed by atoms with Crippen LogP contribution in [0, 0.1) is 5.82 Å². The molecule has 7 nitrogen and oxygen atoms in total. The Bertz CT molecular complexity index is 1190. The maximum absolute atomic E-state index is 14.1. The number of carboxylic acid groups (broad SMARTS) is 1. The molecule has 2 N–H and O–H groups in total. The lowest BCUT2D eigenvalue weighted by molar-refractivity contribution is -0.137. The van der Waals surface area contributed by atoms with Crippen molar-refractivity contribution in [1.29, 1.82) is 0 Å². The maximum Gasteiger partial charge on any atom is 0.419 e. The minimum Gasteiger partial charge on any atom is -0.478 e. The number of nitrogens with one attached hydrogen (secondary N) is 1. The lowest BCUT2D eigenvalue weighted by Gasteiger charge is -2.11. The van der Waals surface area contributed by atoms with Crippen LogP contribution in [0.15, 0.2) is 59.8 Å². The number of halogens is 4. The summed E-state index contributed by atoms with van der Waals surface area (Å²) < 4.78 is 80.0. The fraction of sp³-hybridized carbons (Fsp3) is 0.0588. The summed E-state index contributed by atoms with van der Waals surface area (Å²) in [5, 5.41) is 12.4. The molecule has 0 aliphatic carbocycles. The van der Waals surface area contributed by atoms with Gasteiger partial charge in [0.2, 0.25) is 0 Å². The van der Waals surface area contributed by atoms with Gasteiger partial charge < -0.3 is 5.11 Å². The minimum atomic E-state index is -4.59. The average molecular weight is 429 g/mol. The van der Waals surface area contributed by atoms with Crippen LogP contribution < -0.4 is 4.72 Å². The number of hydrogen-bond donors (Lipinski definition) is 2. The van der Waals surface area contributed by atoms with E-state index < -0.39 is 44.0 Å². The fourth-order valence-electron chi connectivity index (χ4n) is 2.38. The van der Waals surface area contributed by atoms with Crippen LogP contribution in [0.1, 0.15) is 15.9 Å². The molecule has 1 aromatic heterocycles. The topological polar surface area (TPSA) is 101 Å². The monoisotopic (exact) mass is 429 g/mol. The second kappa shape index (κ2) is 7.20. The molecular weight excluding hydrogens is 418 g/mol. The fourth-order valence-corrected chi connectivity index (χ4v) is 3.49. The standard InChI is InChI=1S/C17H11F4N3O4S/c18-14-6-10(16(25)26)4-5-15(14)29(27,28)23-12-2-1-3-13(7-12)24-9-11(8-22-24)17(19,20)21/h1-9,23H,(H,25,26). The number of anilines is 1. The first-order valence-electron chi connectivity index (χ1n) is 7.75. The van der Waals surface area contributed by atoms with Crippen LogP contribution in [0.5, 0.6) is 0 Å². The van der Waals surface area contributed by atoms with Gasteiger partial charge in [-0.3, -0.25) is 4.72 Å². The number of aromatic nitrogens is 2. The van der Waals surface area contributed by atoms with Crippen molar-refractivity contribution in [2.45, 2.75) is 11.1 Å². The van der Waals surface area contributed by atoms with Gasteiger partial charge in [0.15, 0.2) is 0 Å².